The summed E-state index contributed by atoms with van der Waals surface area (Å²) in [5.74, 6) is -1.31. The highest BCUT2D eigenvalue weighted by Crippen LogP contribution is 2.28. The van der Waals surface area contributed by atoms with Gasteiger partial charge in [0.1, 0.15) is 12.1 Å². The standard InChI is InChI=1S/C22H20N6O4/c1-3-31-21(29)19-17(25)13(9-23)11-27(19)15-5-7-16(8-6-15)28-12-14(10-24)18(26)20(28)22(30)32-4-2/h5-8,11-12H,3-4,25-26H2,1-2H3. The Kier molecular flexibility index (Phi) is 6.17. The summed E-state index contributed by atoms with van der Waals surface area (Å²) >= 11 is 0. The van der Waals surface area contributed by atoms with Gasteiger partial charge in [-0.2, -0.15) is 10.5 Å². The predicted molar refractivity (Wildman–Crippen MR) is 115 cm³/mol. The number of carbonyl (C=O) groups excluding carboxylic acids is 2. The van der Waals surface area contributed by atoms with Crippen molar-refractivity contribution in [2.45, 2.75) is 13.8 Å². The van der Waals surface area contributed by atoms with Crippen LogP contribution in [0.4, 0.5) is 11.4 Å². The molecule has 1 aromatic carbocycles. The first-order valence-electron chi connectivity index (χ1n) is 9.64. The summed E-state index contributed by atoms with van der Waals surface area (Å²) < 4.78 is 13.1. The Morgan fingerprint density at radius 1 is 0.812 bits per heavy atom. The van der Waals surface area contributed by atoms with E-state index in [2.05, 4.69) is 0 Å². The van der Waals surface area contributed by atoms with Crippen LogP contribution in [0, 0.1) is 22.7 Å². The molecule has 10 heteroatoms. The average Bonchev–Trinajstić information content (AvgIpc) is 3.30. The molecule has 10 nitrogen and oxygen atoms in total. The lowest BCUT2D eigenvalue weighted by molar-refractivity contribution is 0.0508. The summed E-state index contributed by atoms with van der Waals surface area (Å²) in [5, 5.41) is 18.6. The van der Waals surface area contributed by atoms with E-state index in [9.17, 15) is 20.1 Å². The quantitative estimate of drug-likeness (QED) is 0.561. The van der Waals surface area contributed by atoms with Crippen LogP contribution in [-0.4, -0.2) is 34.3 Å². The topological polar surface area (TPSA) is 162 Å². The van der Waals surface area contributed by atoms with Crippen molar-refractivity contribution < 1.29 is 19.1 Å². The van der Waals surface area contributed by atoms with Crippen LogP contribution < -0.4 is 11.5 Å². The molecule has 4 N–H and O–H groups in total. The molecule has 0 bridgehead atoms. The number of rotatable bonds is 6. The SMILES string of the molecule is CCOC(=O)c1c(N)c(C#N)cn1-c1ccc(-n2cc(C#N)c(N)c2C(=O)OCC)cc1. The first-order chi connectivity index (χ1) is 15.4. The average molecular weight is 432 g/mol. The van der Waals surface area contributed by atoms with E-state index in [1.54, 1.807) is 38.1 Å². The van der Waals surface area contributed by atoms with E-state index >= 15 is 0 Å². The van der Waals surface area contributed by atoms with Crippen LogP contribution in [0.2, 0.25) is 0 Å². The van der Waals surface area contributed by atoms with Crippen LogP contribution in [0.25, 0.3) is 11.4 Å². The third kappa shape index (κ3) is 3.73. The molecular formula is C22H20N6O4. The Hall–Kier alpha value is -4.70. The van der Waals surface area contributed by atoms with Crippen LogP contribution >= 0.6 is 0 Å². The molecule has 2 heterocycles. The van der Waals surface area contributed by atoms with Gasteiger partial charge >= 0.3 is 11.9 Å². The number of ether oxygens (including phenoxy) is 2. The van der Waals surface area contributed by atoms with Crippen LogP contribution in [0.15, 0.2) is 36.7 Å². The molecule has 0 unspecified atom stereocenters. The molecule has 0 aliphatic rings. The van der Waals surface area contributed by atoms with Crippen molar-refractivity contribution in [2.24, 2.45) is 0 Å². The monoisotopic (exact) mass is 432 g/mol. The number of hydrogen-bond acceptors (Lipinski definition) is 8. The zero-order valence-electron chi connectivity index (χ0n) is 17.5. The van der Waals surface area contributed by atoms with Gasteiger partial charge in [0.2, 0.25) is 0 Å². The molecule has 0 saturated carbocycles. The maximum Gasteiger partial charge on any atom is 0.357 e. The molecule has 0 spiro atoms. The largest absolute Gasteiger partial charge is 0.461 e. The minimum Gasteiger partial charge on any atom is -0.461 e. The fourth-order valence-electron chi connectivity index (χ4n) is 3.22. The highest BCUT2D eigenvalue weighted by molar-refractivity contribution is 5.97. The molecule has 3 aromatic rings. The van der Waals surface area contributed by atoms with Gasteiger partial charge in [-0.1, -0.05) is 0 Å². The van der Waals surface area contributed by atoms with Gasteiger partial charge in [-0.05, 0) is 38.1 Å². The molecule has 0 amide bonds. The fraction of sp³-hybridized carbons (Fsp3) is 0.182. The second-order valence-electron chi connectivity index (χ2n) is 6.53. The Bertz CT molecular complexity index is 1170. The van der Waals surface area contributed by atoms with Gasteiger partial charge in [0.05, 0.1) is 35.7 Å². The maximum absolute atomic E-state index is 12.4. The summed E-state index contributed by atoms with van der Waals surface area (Å²) in [6.45, 7) is 3.63. The van der Waals surface area contributed by atoms with E-state index < -0.39 is 11.9 Å². The van der Waals surface area contributed by atoms with Gasteiger partial charge < -0.3 is 30.1 Å². The lowest BCUT2D eigenvalue weighted by Gasteiger charge is -2.12. The van der Waals surface area contributed by atoms with Crippen molar-refractivity contribution in [3.63, 3.8) is 0 Å². The molecule has 0 saturated heterocycles. The van der Waals surface area contributed by atoms with E-state index in [0.717, 1.165) is 0 Å². The molecule has 162 valence electrons. The molecule has 0 fully saturated rings. The van der Waals surface area contributed by atoms with Crippen molar-refractivity contribution in [2.75, 3.05) is 24.7 Å². The Balaban J connectivity index is 2.10. The maximum atomic E-state index is 12.4. The lowest BCUT2D eigenvalue weighted by Crippen LogP contribution is -2.13. The number of nitriles is 2. The smallest absolute Gasteiger partial charge is 0.357 e. The Morgan fingerprint density at radius 3 is 1.44 bits per heavy atom. The second kappa shape index (κ2) is 8.98. The van der Waals surface area contributed by atoms with Crippen molar-refractivity contribution >= 4 is 23.3 Å². The summed E-state index contributed by atoms with van der Waals surface area (Å²) in [5.41, 5.74) is 13.4. The normalized spacial score (nSPS) is 10.2. The molecule has 0 atom stereocenters. The molecule has 32 heavy (non-hydrogen) atoms. The molecule has 3 rings (SSSR count). The summed E-state index contributed by atoms with van der Waals surface area (Å²) in [6, 6.07) is 10.6. The van der Waals surface area contributed by atoms with Gasteiger partial charge in [0.25, 0.3) is 0 Å². The lowest BCUT2D eigenvalue weighted by atomic mass is 10.2. The van der Waals surface area contributed by atoms with E-state index in [1.165, 1.54) is 21.5 Å². The zero-order chi connectivity index (χ0) is 23.4. The third-order valence-corrected chi connectivity index (χ3v) is 4.67. The van der Waals surface area contributed by atoms with Crippen molar-refractivity contribution in [1.82, 2.24) is 9.13 Å². The van der Waals surface area contributed by atoms with Crippen molar-refractivity contribution in [3.8, 4) is 23.5 Å². The first kappa shape index (κ1) is 22.0. The number of esters is 2. The highest BCUT2D eigenvalue weighted by Gasteiger charge is 2.24. The van der Waals surface area contributed by atoms with Gasteiger partial charge in [0, 0.05) is 23.8 Å². The zero-order valence-corrected chi connectivity index (χ0v) is 17.5. The van der Waals surface area contributed by atoms with Crippen LogP contribution in [0.3, 0.4) is 0 Å². The van der Waals surface area contributed by atoms with E-state index in [-0.39, 0.29) is 47.1 Å². The number of carbonyl (C=O) groups is 2. The number of aromatic nitrogens is 2. The molecule has 2 aromatic heterocycles. The van der Waals surface area contributed by atoms with Gasteiger partial charge in [-0.3, -0.25) is 0 Å². The Morgan fingerprint density at radius 2 is 1.16 bits per heavy atom. The Labute approximate surface area is 183 Å². The van der Waals surface area contributed by atoms with E-state index in [0.29, 0.717) is 11.4 Å². The number of hydrogen-bond donors (Lipinski definition) is 2. The van der Waals surface area contributed by atoms with Gasteiger partial charge in [-0.15, -0.1) is 0 Å². The van der Waals surface area contributed by atoms with Gasteiger partial charge in [-0.25, -0.2) is 9.59 Å². The predicted octanol–water partition coefficient (Wildman–Crippen LogP) is 2.53. The number of anilines is 2. The first-order valence-corrected chi connectivity index (χ1v) is 9.64. The van der Waals surface area contributed by atoms with Crippen LogP contribution in [-0.2, 0) is 9.47 Å². The number of nitrogens with two attached hydrogens (primary N) is 2. The fourth-order valence-corrected chi connectivity index (χ4v) is 3.22. The minimum absolute atomic E-state index is 0.0245. The molecule has 0 aliphatic carbocycles. The summed E-state index contributed by atoms with van der Waals surface area (Å²) in [6.07, 6.45) is 2.89. The summed E-state index contributed by atoms with van der Waals surface area (Å²) in [7, 11) is 0. The molecule has 0 aliphatic heterocycles. The van der Waals surface area contributed by atoms with Crippen molar-refractivity contribution in [3.05, 3.63) is 59.2 Å². The highest BCUT2D eigenvalue weighted by atomic mass is 16.5. The summed E-state index contributed by atoms with van der Waals surface area (Å²) in [4.78, 5) is 24.8. The van der Waals surface area contributed by atoms with E-state index in [4.69, 9.17) is 20.9 Å². The minimum atomic E-state index is -0.656. The number of benzene rings is 1. The van der Waals surface area contributed by atoms with E-state index in [1.807, 2.05) is 12.1 Å². The van der Waals surface area contributed by atoms with Crippen LogP contribution in [0.5, 0.6) is 0 Å². The van der Waals surface area contributed by atoms with Crippen LogP contribution in [0.1, 0.15) is 46.0 Å². The third-order valence-electron chi connectivity index (χ3n) is 4.67. The number of nitrogens with zero attached hydrogens (tertiary/aromatic N) is 4. The number of nitrogen functional groups attached to an aromatic ring is 2. The van der Waals surface area contributed by atoms with Gasteiger partial charge in [0.15, 0.2) is 11.4 Å². The molecule has 0 radical (unpaired) electrons. The van der Waals surface area contributed by atoms with Crippen molar-refractivity contribution in [1.29, 1.82) is 10.5 Å². The second-order valence-corrected chi connectivity index (χ2v) is 6.53. The molecular weight excluding hydrogens is 412 g/mol.